The van der Waals surface area contributed by atoms with Gasteiger partial charge < -0.3 is 15.3 Å². The molecule has 3 atom stereocenters. The molecule has 9 heteroatoms. The Morgan fingerprint density at radius 2 is 1.60 bits per heavy atom. The summed E-state index contributed by atoms with van der Waals surface area (Å²) in [5.74, 6) is -3.98. The number of hydrogen-bond acceptors (Lipinski definition) is 3. The third kappa shape index (κ3) is 5.34. The van der Waals surface area contributed by atoms with Crippen molar-refractivity contribution in [3.8, 4) is 0 Å². The molecule has 1 aliphatic carbocycles. The van der Waals surface area contributed by atoms with Crippen molar-refractivity contribution < 1.29 is 32.7 Å². The number of hydrogen-bond donors (Lipinski definition) is 2. The van der Waals surface area contributed by atoms with Crippen LogP contribution in [0.15, 0.2) is 0 Å². The molecule has 2 N–H and O–H groups in total. The van der Waals surface area contributed by atoms with Crippen LogP contribution < -0.4 is 5.32 Å². The molecule has 6 nitrogen and oxygen atoms in total. The first-order valence-corrected chi connectivity index (χ1v) is 8.58. The summed E-state index contributed by atoms with van der Waals surface area (Å²) in [7, 11) is 0. The van der Waals surface area contributed by atoms with Gasteiger partial charge in [0.05, 0.1) is 6.42 Å². The number of carbonyl (C=O) groups is 3. The van der Waals surface area contributed by atoms with Gasteiger partial charge in [-0.1, -0.05) is 12.8 Å². The maximum atomic E-state index is 12.6. The van der Waals surface area contributed by atoms with Crippen molar-refractivity contribution in [2.75, 3.05) is 13.1 Å². The molecule has 1 heterocycles. The first-order chi connectivity index (χ1) is 11.7. The second-order valence-electron chi connectivity index (χ2n) is 6.75. The molecule has 1 saturated carbocycles. The maximum Gasteiger partial charge on any atom is 0.391 e. The zero-order chi connectivity index (χ0) is 18.6. The van der Waals surface area contributed by atoms with Gasteiger partial charge in [-0.05, 0) is 25.7 Å². The summed E-state index contributed by atoms with van der Waals surface area (Å²) in [6.45, 7) is 1.27. The summed E-state index contributed by atoms with van der Waals surface area (Å²) in [5.41, 5.74) is 0. The first kappa shape index (κ1) is 19.5. The normalized spacial score (nSPS) is 25.5. The van der Waals surface area contributed by atoms with Gasteiger partial charge in [-0.2, -0.15) is 13.2 Å². The van der Waals surface area contributed by atoms with Gasteiger partial charge in [0.1, 0.15) is 6.04 Å². The first-order valence-electron chi connectivity index (χ1n) is 8.58. The van der Waals surface area contributed by atoms with E-state index in [0.29, 0.717) is 32.4 Å². The van der Waals surface area contributed by atoms with Crippen molar-refractivity contribution in [1.29, 1.82) is 0 Å². The van der Waals surface area contributed by atoms with E-state index >= 15 is 0 Å². The number of halogens is 3. The number of carboxylic acid groups (broad SMARTS) is 1. The number of nitrogens with zero attached hydrogens (tertiary/aromatic N) is 1. The van der Waals surface area contributed by atoms with Gasteiger partial charge in [0, 0.05) is 24.9 Å². The Bertz CT molecular complexity index is 518. The SMILES string of the molecule is O=C(O)C(CC(F)(F)F)NC(=O)C1CCCCC1C(=O)N1CCCC1. The van der Waals surface area contributed by atoms with Crippen molar-refractivity contribution in [1.82, 2.24) is 10.2 Å². The van der Waals surface area contributed by atoms with Crippen LogP contribution in [0.4, 0.5) is 13.2 Å². The van der Waals surface area contributed by atoms with Crippen molar-refractivity contribution >= 4 is 17.8 Å². The van der Waals surface area contributed by atoms with Crippen LogP contribution in [-0.2, 0) is 14.4 Å². The zero-order valence-electron chi connectivity index (χ0n) is 13.8. The van der Waals surface area contributed by atoms with Gasteiger partial charge in [-0.3, -0.25) is 9.59 Å². The van der Waals surface area contributed by atoms with Crippen molar-refractivity contribution in [3.05, 3.63) is 0 Å². The van der Waals surface area contributed by atoms with Crippen LogP contribution >= 0.6 is 0 Å². The average Bonchev–Trinajstić information content (AvgIpc) is 3.06. The Balaban J connectivity index is 2.05. The molecule has 0 radical (unpaired) electrons. The third-order valence-electron chi connectivity index (χ3n) is 4.89. The Kier molecular flexibility index (Phi) is 6.29. The van der Waals surface area contributed by atoms with Gasteiger partial charge in [-0.25, -0.2) is 4.79 Å². The van der Waals surface area contributed by atoms with Crippen LogP contribution in [0.25, 0.3) is 0 Å². The highest BCUT2D eigenvalue weighted by Crippen LogP contribution is 2.33. The highest BCUT2D eigenvalue weighted by Gasteiger charge is 2.41. The number of rotatable bonds is 5. The Morgan fingerprint density at radius 1 is 1.04 bits per heavy atom. The smallest absolute Gasteiger partial charge is 0.391 e. The van der Waals surface area contributed by atoms with E-state index < -0.39 is 42.4 Å². The van der Waals surface area contributed by atoms with Crippen molar-refractivity contribution in [2.45, 2.75) is 57.2 Å². The highest BCUT2D eigenvalue weighted by atomic mass is 19.4. The second-order valence-corrected chi connectivity index (χ2v) is 6.75. The Labute approximate surface area is 143 Å². The van der Waals surface area contributed by atoms with Gasteiger partial charge in [0.2, 0.25) is 11.8 Å². The molecule has 0 aromatic carbocycles. The number of nitrogens with one attached hydrogen (secondary N) is 1. The molecule has 0 bridgehead atoms. The predicted octanol–water partition coefficient (Wildman–Crippen LogP) is 1.94. The summed E-state index contributed by atoms with van der Waals surface area (Å²) in [6.07, 6.45) is -2.17. The molecule has 0 spiro atoms. The molecule has 2 rings (SSSR count). The van der Waals surface area contributed by atoms with Crippen LogP contribution in [0.5, 0.6) is 0 Å². The van der Waals surface area contributed by atoms with Gasteiger partial charge in [0.15, 0.2) is 0 Å². The number of carboxylic acids is 1. The summed E-state index contributed by atoms with van der Waals surface area (Å²) < 4.78 is 37.5. The summed E-state index contributed by atoms with van der Waals surface area (Å²) in [6, 6.07) is -2.03. The van der Waals surface area contributed by atoms with Crippen LogP contribution in [-0.4, -0.2) is 53.1 Å². The summed E-state index contributed by atoms with van der Waals surface area (Å²) >= 11 is 0. The van der Waals surface area contributed by atoms with Crippen LogP contribution in [0, 0.1) is 11.8 Å². The molecule has 25 heavy (non-hydrogen) atoms. The van der Waals surface area contributed by atoms with E-state index in [9.17, 15) is 27.6 Å². The maximum absolute atomic E-state index is 12.6. The minimum Gasteiger partial charge on any atom is -0.480 e. The molecule has 142 valence electrons. The molecule has 3 unspecified atom stereocenters. The van der Waals surface area contributed by atoms with Crippen LogP contribution in [0.3, 0.4) is 0 Å². The van der Waals surface area contributed by atoms with Gasteiger partial charge in [0.25, 0.3) is 0 Å². The molecule has 2 amide bonds. The van der Waals surface area contributed by atoms with E-state index in [2.05, 4.69) is 0 Å². The lowest BCUT2D eigenvalue weighted by molar-refractivity contribution is -0.161. The number of alkyl halides is 3. The molecule has 1 aliphatic heterocycles. The quantitative estimate of drug-likeness (QED) is 0.781. The fourth-order valence-electron chi connectivity index (χ4n) is 3.62. The summed E-state index contributed by atoms with van der Waals surface area (Å²) in [4.78, 5) is 37.8. The van der Waals surface area contributed by atoms with Crippen molar-refractivity contribution in [3.63, 3.8) is 0 Å². The van der Waals surface area contributed by atoms with Crippen LogP contribution in [0.1, 0.15) is 44.9 Å². The molecular weight excluding hydrogens is 341 g/mol. The fraction of sp³-hybridized carbons (Fsp3) is 0.812. The third-order valence-corrected chi connectivity index (χ3v) is 4.89. The standard InChI is InChI=1S/C16H23F3N2O4/c17-16(18,19)9-12(15(24)25)20-13(22)10-5-1-2-6-11(10)14(23)21-7-3-4-8-21/h10-12H,1-9H2,(H,20,22)(H,24,25). The fourth-order valence-corrected chi connectivity index (χ4v) is 3.62. The second kappa shape index (κ2) is 8.05. The lowest BCUT2D eigenvalue weighted by Crippen LogP contribution is -2.50. The Hall–Kier alpha value is -1.80. The molecule has 1 saturated heterocycles. The topological polar surface area (TPSA) is 86.7 Å². The molecule has 2 fully saturated rings. The van der Waals surface area contributed by atoms with Crippen LogP contribution in [0.2, 0.25) is 0 Å². The molecule has 0 aromatic heterocycles. The van der Waals surface area contributed by atoms with E-state index in [4.69, 9.17) is 5.11 Å². The number of likely N-dealkylation sites (tertiary alicyclic amines) is 1. The number of aliphatic carboxylic acids is 1. The predicted molar refractivity (Wildman–Crippen MR) is 81.5 cm³/mol. The van der Waals surface area contributed by atoms with E-state index in [1.165, 1.54) is 0 Å². The molecule has 2 aliphatic rings. The largest absolute Gasteiger partial charge is 0.480 e. The van der Waals surface area contributed by atoms with Gasteiger partial charge in [-0.15, -0.1) is 0 Å². The minimum atomic E-state index is -4.70. The van der Waals surface area contributed by atoms with E-state index in [-0.39, 0.29) is 5.91 Å². The Morgan fingerprint density at radius 3 is 2.12 bits per heavy atom. The average molecular weight is 364 g/mol. The lowest BCUT2D eigenvalue weighted by Gasteiger charge is -2.33. The van der Waals surface area contributed by atoms with E-state index in [1.54, 1.807) is 4.90 Å². The summed E-state index contributed by atoms with van der Waals surface area (Å²) in [5, 5.41) is 10.9. The lowest BCUT2D eigenvalue weighted by atomic mass is 9.77. The highest BCUT2D eigenvalue weighted by molar-refractivity contribution is 5.90. The minimum absolute atomic E-state index is 0.139. The monoisotopic (exact) mass is 364 g/mol. The van der Waals surface area contributed by atoms with Crippen molar-refractivity contribution in [2.24, 2.45) is 11.8 Å². The van der Waals surface area contributed by atoms with E-state index in [0.717, 1.165) is 19.3 Å². The molecule has 0 aromatic rings. The molecular formula is C16H23F3N2O4. The van der Waals surface area contributed by atoms with Gasteiger partial charge >= 0.3 is 12.1 Å². The number of amides is 2. The zero-order valence-corrected chi connectivity index (χ0v) is 13.8. The van der Waals surface area contributed by atoms with E-state index in [1.807, 2.05) is 5.32 Å². The number of carbonyl (C=O) groups excluding carboxylic acids is 2.